The summed E-state index contributed by atoms with van der Waals surface area (Å²) in [4.78, 5) is 0. The highest BCUT2D eigenvalue weighted by Crippen LogP contribution is 2.08. The van der Waals surface area contributed by atoms with Crippen LogP contribution in [0.2, 0.25) is 0 Å². The van der Waals surface area contributed by atoms with Crippen LogP contribution >= 0.6 is 0 Å². The summed E-state index contributed by atoms with van der Waals surface area (Å²) < 4.78 is 5.05. The Morgan fingerprint density at radius 1 is 0.773 bits per heavy atom. The van der Waals surface area contributed by atoms with Crippen molar-refractivity contribution in [1.82, 2.24) is 4.57 Å². The Labute approximate surface area is 138 Å². The van der Waals surface area contributed by atoms with Crippen LogP contribution in [0.1, 0.15) is 97.2 Å². The molecule has 0 aliphatic carbocycles. The van der Waals surface area contributed by atoms with Crippen molar-refractivity contribution in [3.63, 3.8) is 0 Å². The predicted octanol–water partition coefficient (Wildman–Crippen LogP) is 5.67. The van der Waals surface area contributed by atoms with Crippen molar-refractivity contribution in [3.05, 3.63) is 18.2 Å². The van der Waals surface area contributed by atoms with E-state index in [2.05, 4.69) is 42.3 Å². The number of nitrogens with zero attached hydrogens (tertiary/aromatic N) is 2. The zero-order chi connectivity index (χ0) is 16.0. The highest BCUT2D eigenvalue weighted by molar-refractivity contribution is 4.84. The highest BCUT2D eigenvalue weighted by atomic mass is 15.1. The summed E-state index contributed by atoms with van der Waals surface area (Å²) in [6.45, 7) is 9.29. The fraction of sp³-hybridized carbons (Fsp3) is 0.850. The van der Waals surface area contributed by atoms with E-state index in [-0.39, 0.29) is 0 Å². The summed E-state index contributed by atoms with van der Waals surface area (Å²) in [7, 11) is 0. The third kappa shape index (κ3) is 7.47. The molecule has 2 heteroatoms. The van der Waals surface area contributed by atoms with Crippen molar-refractivity contribution in [2.24, 2.45) is 0 Å². The quantitative estimate of drug-likeness (QED) is 0.309. The number of rotatable bonds is 14. The average molecular weight is 308 g/mol. The lowest BCUT2D eigenvalue weighted by Crippen LogP contribution is -2.37. The van der Waals surface area contributed by atoms with Crippen molar-refractivity contribution in [2.45, 2.75) is 111 Å². The molecule has 1 aromatic rings. The molecule has 0 spiro atoms. The molecule has 22 heavy (non-hydrogen) atoms. The van der Waals surface area contributed by atoms with E-state index in [1.54, 1.807) is 5.82 Å². The zero-order valence-electron chi connectivity index (χ0n) is 15.4. The average Bonchev–Trinajstić information content (AvgIpc) is 2.91. The summed E-state index contributed by atoms with van der Waals surface area (Å²) in [5, 5.41) is 0. The molecular weight excluding hydrogens is 268 g/mol. The Kier molecular flexibility index (Phi) is 11.1. The number of hydrogen-bond donors (Lipinski definition) is 0. The summed E-state index contributed by atoms with van der Waals surface area (Å²) in [5.41, 5.74) is 0. The van der Waals surface area contributed by atoms with Crippen LogP contribution in [0.5, 0.6) is 0 Å². The van der Waals surface area contributed by atoms with Gasteiger partial charge in [0.15, 0.2) is 0 Å². The summed E-state index contributed by atoms with van der Waals surface area (Å²) >= 11 is 0. The van der Waals surface area contributed by atoms with E-state index in [4.69, 9.17) is 0 Å². The minimum absolute atomic E-state index is 1.21. The van der Waals surface area contributed by atoms with Gasteiger partial charge in [-0.1, -0.05) is 59.3 Å². The van der Waals surface area contributed by atoms with Crippen LogP contribution in [-0.4, -0.2) is 4.57 Å². The zero-order valence-corrected chi connectivity index (χ0v) is 15.4. The van der Waals surface area contributed by atoms with Gasteiger partial charge in [0, 0.05) is 6.42 Å². The molecule has 0 saturated carbocycles. The summed E-state index contributed by atoms with van der Waals surface area (Å²) in [6.07, 6.45) is 20.8. The molecule has 2 nitrogen and oxygen atoms in total. The van der Waals surface area contributed by atoms with Crippen molar-refractivity contribution >= 4 is 0 Å². The minimum atomic E-state index is 1.21. The lowest BCUT2D eigenvalue weighted by Gasteiger charge is -2.05. The van der Waals surface area contributed by atoms with E-state index in [0.717, 1.165) is 0 Å². The SMILES string of the molecule is CCCCCCC[n+]1ccn(CCCCCC)c1CCCC. The van der Waals surface area contributed by atoms with Crippen LogP contribution in [0.3, 0.4) is 0 Å². The van der Waals surface area contributed by atoms with Crippen LogP contribution in [0.25, 0.3) is 0 Å². The Morgan fingerprint density at radius 3 is 2.09 bits per heavy atom. The van der Waals surface area contributed by atoms with Gasteiger partial charge in [-0.2, -0.15) is 0 Å². The van der Waals surface area contributed by atoms with Gasteiger partial charge in [0.1, 0.15) is 12.4 Å². The van der Waals surface area contributed by atoms with Gasteiger partial charge in [-0.05, 0) is 32.1 Å². The smallest absolute Gasteiger partial charge is 0.234 e. The number of hydrogen-bond acceptors (Lipinski definition) is 0. The Balaban J connectivity index is 2.49. The molecule has 0 aromatic carbocycles. The molecule has 0 atom stereocenters. The maximum absolute atomic E-state index is 2.53. The lowest BCUT2D eigenvalue weighted by molar-refractivity contribution is -0.704. The Hall–Kier alpha value is -0.790. The van der Waals surface area contributed by atoms with Crippen molar-refractivity contribution in [3.8, 4) is 0 Å². The second-order valence-corrected chi connectivity index (χ2v) is 6.68. The minimum Gasteiger partial charge on any atom is -0.234 e. The normalized spacial score (nSPS) is 11.2. The van der Waals surface area contributed by atoms with Gasteiger partial charge < -0.3 is 0 Å². The first kappa shape index (κ1) is 19.3. The third-order valence-corrected chi connectivity index (χ3v) is 4.60. The van der Waals surface area contributed by atoms with E-state index < -0.39 is 0 Å². The third-order valence-electron chi connectivity index (χ3n) is 4.60. The maximum Gasteiger partial charge on any atom is 0.256 e. The second kappa shape index (κ2) is 12.7. The molecule has 0 bridgehead atoms. The van der Waals surface area contributed by atoms with Gasteiger partial charge in [-0.25, -0.2) is 9.13 Å². The first-order chi connectivity index (χ1) is 10.8. The predicted molar refractivity (Wildman–Crippen MR) is 96.1 cm³/mol. The van der Waals surface area contributed by atoms with Crippen molar-refractivity contribution < 1.29 is 4.57 Å². The summed E-state index contributed by atoms with van der Waals surface area (Å²) in [5.74, 6) is 1.56. The number of unbranched alkanes of at least 4 members (excludes halogenated alkanes) is 8. The Bertz CT molecular complexity index is 368. The molecular formula is C20H39N2+. The van der Waals surface area contributed by atoms with Crippen molar-refractivity contribution in [2.75, 3.05) is 0 Å². The molecule has 0 N–H and O–H groups in total. The monoisotopic (exact) mass is 307 g/mol. The molecule has 0 fully saturated rings. The second-order valence-electron chi connectivity index (χ2n) is 6.68. The molecule has 128 valence electrons. The van der Waals surface area contributed by atoms with Gasteiger partial charge in [0.2, 0.25) is 0 Å². The molecule has 0 saturated heterocycles. The Morgan fingerprint density at radius 2 is 1.41 bits per heavy atom. The van der Waals surface area contributed by atoms with E-state index in [0.29, 0.717) is 0 Å². The first-order valence-electron chi connectivity index (χ1n) is 9.90. The number of imidazole rings is 1. The molecule has 0 unspecified atom stereocenters. The number of aromatic nitrogens is 2. The standard InChI is InChI=1S/C20H39N2/c1-4-7-10-12-14-17-22-19-18-21(16-13-11-8-5-2)20(22)15-9-6-3/h18-19H,4-17H2,1-3H3/q+1. The van der Waals surface area contributed by atoms with Crippen molar-refractivity contribution in [1.29, 1.82) is 0 Å². The fourth-order valence-corrected chi connectivity index (χ4v) is 3.12. The molecule has 1 rings (SSSR count). The lowest BCUT2D eigenvalue weighted by atomic mass is 10.1. The van der Waals surface area contributed by atoms with Crippen LogP contribution in [-0.2, 0) is 19.5 Å². The van der Waals surface area contributed by atoms with Gasteiger partial charge >= 0.3 is 0 Å². The van der Waals surface area contributed by atoms with Gasteiger partial charge in [-0.15, -0.1) is 0 Å². The van der Waals surface area contributed by atoms with E-state index >= 15 is 0 Å². The molecule has 1 aromatic heterocycles. The van der Waals surface area contributed by atoms with E-state index in [1.165, 1.54) is 90.1 Å². The van der Waals surface area contributed by atoms with E-state index in [1.807, 2.05) is 0 Å². The molecule has 1 heterocycles. The molecule has 0 aliphatic rings. The van der Waals surface area contributed by atoms with Crippen LogP contribution < -0.4 is 4.57 Å². The number of aryl methyl sites for hydroxylation is 2. The van der Waals surface area contributed by atoms with Crippen LogP contribution in [0.15, 0.2) is 12.4 Å². The van der Waals surface area contributed by atoms with Crippen LogP contribution in [0.4, 0.5) is 0 Å². The molecule has 0 aliphatic heterocycles. The molecule has 0 radical (unpaired) electrons. The highest BCUT2D eigenvalue weighted by Gasteiger charge is 2.15. The topological polar surface area (TPSA) is 8.81 Å². The summed E-state index contributed by atoms with van der Waals surface area (Å²) in [6, 6.07) is 0. The first-order valence-corrected chi connectivity index (χ1v) is 9.90. The fourth-order valence-electron chi connectivity index (χ4n) is 3.12. The largest absolute Gasteiger partial charge is 0.256 e. The maximum atomic E-state index is 2.53. The molecule has 0 amide bonds. The van der Waals surface area contributed by atoms with E-state index in [9.17, 15) is 0 Å². The van der Waals surface area contributed by atoms with Gasteiger partial charge in [-0.3, -0.25) is 0 Å². The van der Waals surface area contributed by atoms with Crippen LogP contribution in [0, 0.1) is 0 Å². The van der Waals surface area contributed by atoms with Gasteiger partial charge in [0.25, 0.3) is 5.82 Å². The van der Waals surface area contributed by atoms with Gasteiger partial charge in [0.05, 0.1) is 13.1 Å².